The molecular weight excluding hydrogens is 225 g/mol. The molecule has 1 heterocycles. The summed E-state index contributed by atoms with van der Waals surface area (Å²) in [6.07, 6.45) is 1.73. The first-order valence-electron chi connectivity index (χ1n) is 3.42. The van der Waals surface area contributed by atoms with Gasteiger partial charge in [-0.3, -0.25) is 4.98 Å². The minimum Gasteiger partial charge on any atom is -0.260 e. The summed E-state index contributed by atoms with van der Waals surface area (Å²) >= 11 is 9.16. The number of nitrogens with zero attached hydrogens (tertiary/aromatic N) is 1. The molecule has 0 saturated heterocycles. The molecule has 0 saturated carbocycles. The highest BCUT2D eigenvalue weighted by molar-refractivity contribution is 9.10. The molecule has 0 aromatic carbocycles. The van der Waals surface area contributed by atoms with Crippen LogP contribution in [-0.2, 0) is 0 Å². The van der Waals surface area contributed by atoms with E-state index in [9.17, 15) is 0 Å². The van der Waals surface area contributed by atoms with Crippen molar-refractivity contribution in [3.8, 4) is 0 Å². The maximum absolute atomic E-state index is 5.87. The fourth-order valence-electron chi connectivity index (χ4n) is 0.745. The Bertz CT molecular complexity index is 260. The van der Waals surface area contributed by atoms with Crippen molar-refractivity contribution < 1.29 is 0 Å². The molecule has 0 bridgehead atoms. The number of pyridine rings is 1. The van der Waals surface area contributed by atoms with E-state index < -0.39 is 0 Å². The summed E-state index contributed by atoms with van der Waals surface area (Å²) in [6.45, 7) is 4.18. The van der Waals surface area contributed by atoms with Crippen molar-refractivity contribution in [2.24, 2.45) is 0 Å². The maximum atomic E-state index is 5.87. The van der Waals surface area contributed by atoms with E-state index in [1.54, 1.807) is 6.20 Å². The molecule has 0 atom stereocenters. The van der Waals surface area contributed by atoms with Gasteiger partial charge in [-0.15, -0.1) is 0 Å². The summed E-state index contributed by atoms with van der Waals surface area (Å²) in [7, 11) is 0. The summed E-state index contributed by atoms with van der Waals surface area (Å²) in [5.74, 6) is 0.431. The molecule has 0 aliphatic carbocycles. The second kappa shape index (κ2) is 3.55. The van der Waals surface area contributed by atoms with Crippen LogP contribution in [0.3, 0.4) is 0 Å². The topological polar surface area (TPSA) is 12.9 Å². The van der Waals surface area contributed by atoms with Crippen LogP contribution in [0.25, 0.3) is 0 Å². The first-order valence-corrected chi connectivity index (χ1v) is 4.59. The van der Waals surface area contributed by atoms with Gasteiger partial charge in [-0.05, 0) is 27.9 Å². The largest absolute Gasteiger partial charge is 0.260 e. The zero-order chi connectivity index (χ0) is 8.43. The fourth-order valence-corrected chi connectivity index (χ4v) is 1.12. The number of rotatable bonds is 1. The van der Waals surface area contributed by atoms with Crippen LogP contribution in [0.2, 0.25) is 5.02 Å². The average molecular weight is 235 g/mol. The molecule has 0 N–H and O–H groups in total. The lowest BCUT2D eigenvalue weighted by molar-refractivity contribution is 0.822. The number of halogens is 2. The third-order valence-electron chi connectivity index (χ3n) is 1.42. The highest BCUT2D eigenvalue weighted by Crippen LogP contribution is 2.24. The van der Waals surface area contributed by atoms with Crippen LogP contribution in [0.1, 0.15) is 25.5 Å². The van der Waals surface area contributed by atoms with E-state index in [1.165, 1.54) is 0 Å². The third-order valence-corrected chi connectivity index (χ3v) is 2.59. The van der Waals surface area contributed by atoms with E-state index in [0.717, 1.165) is 15.2 Å². The standard InChI is InChI=1S/C8H9BrClN/c1-5(2)8-3-7(10)6(9)4-11-8/h3-5H,1-2H3. The summed E-state index contributed by atoms with van der Waals surface area (Å²) in [5, 5.41) is 0.726. The molecule has 0 aliphatic rings. The van der Waals surface area contributed by atoms with Crippen molar-refractivity contribution in [1.29, 1.82) is 0 Å². The molecule has 0 fully saturated rings. The van der Waals surface area contributed by atoms with Crippen LogP contribution in [0.5, 0.6) is 0 Å². The van der Waals surface area contributed by atoms with Crippen LogP contribution in [-0.4, -0.2) is 4.98 Å². The van der Waals surface area contributed by atoms with Crippen LogP contribution < -0.4 is 0 Å². The van der Waals surface area contributed by atoms with Gasteiger partial charge in [0.1, 0.15) is 0 Å². The minimum absolute atomic E-state index is 0.431. The molecule has 1 rings (SSSR count). The first-order chi connectivity index (χ1) is 5.11. The number of aromatic nitrogens is 1. The summed E-state index contributed by atoms with van der Waals surface area (Å²) in [4.78, 5) is 4.21. The zero-order valence-electron chi connectivity index (χ0n) is 6.44. The Balaban J connectivity index is 3.05. The Labute approximate surface area is 79.9 Å². The highest BCUT2D eigenvalue weighted by atomic mass is 79.9. The van der Waals surface area contributed by atoms with E-state index in [0.29, 0.717) is 5.92 Å². The summed E-state index contributed by atoms with van der Waals surface area (Å²) in [5.41, 5.74) is 1.03. The van der Waals surface area contributed by atoms with Crippen molar-refractivity contribution in [3.05, 3.63) is 27.5 Å². The van der Waals surface area contributed by atoms with Crippen molar-refractivity contribution in [2.45, 2.75) is 19.8 Å². The fraction of sp³-hybridized carbons (Fsp3) is 0.375. The highest BCUT2D eigenvalue weighted by Gasteiger charge is 2.03. The normalized spacial score (nSPS) is 10.6. The third kappa shape index (κ3) is 2.17. The summed E-state index contributed by atoms with van der Waals surface area (Å²) in [6, 6.07) is 1.89. The molecule has 0 amide bonds. The van der Waals surface area contributed by atoms with Gasteiger partial charge < -0.3 is 0 Å². The molecule has 0 spiro atoms. The van der Waals surface area contributed by atoms with Gasteiger partial charge in [0.25, 0.3) is 0 Å². The van der Waals surface area contributed by atoms with Gasteiger partial charge in [-0.25, -0.2) is 0 Å². The van der Waals surface area contributed by atoms with Gasteiger partial charge >= 0.3 is 0 Å². The Hall–Kier alpha value is -0.0800. The van der Waals surface area contributed by atoms with Crippen LogP contribution in [0.4, 0.5) is 0 Å². The van der Waals surface area contributed by atoms with Crippen LogP contribution in [0.15, 0.2) is 16.7 Å². The van der Waals surface area contributed by atoms with Crippen molar-refractivity contribution in [1.82, 2.24) is 4.98 Å². The number of hydrogen-bond donors (Lipinski definition) is 0. The summed E-state index contributed by atoms with van der Waals surface area (Å²) < 4.78 is 0.851. The Morgan fingerprint density at radius 2 is 2.18 bits per heavy atom. The van der Waals surface area contributed by atoms with E-state index in [4.69, 9.17) is 11.6 Å². The molecule has 0 unspecified atom stereocenters. The van der Waals surface area contributed by atoms with Gasteiger partial charge in [0.05, 0.1) is 9.50 Å². The smallest absolute Gasteiger partial charge is 0.0581 e. The Morgan fingerprint density at radius 1 is 1.55 bits per heavy atom. The average Bonchev–Trinajstić information content (AvgIpc) is 1.94. The molecular formula is C8H9BrClN. The van der Waals surface area contributed by atoms with Gasteiger partial charge in [0, 0.05) is 11.9 Å². The van der Waals surface area contributed by atoms with Gasteiger partial charge in [0.2, 0.25) is 0 Å². The lowest BCUT2D eigenvalue weighted by atomic mass is 10.1. The lowest BCUT2D eigenvalue weighted by Crippen LogP contribution is -1.91. The van der Waals surface area contributed by atoms with Gasteiger partial charge in [-0.1, -0.05) is 25.4 Å². The van der Waals surface area contributed by atoms with Crippen LogP contribution >= 0.6 is 27.5 Å². The molecule has 1 aromatic rings. The Morgan fingerprint density at radius 3 is 2.64 bits per heavy atom. The Kier molecular flexibility index (Phi) is 2.90. The lowest BCUT2D eigenvalue weighted by Gasteiger charge is -2.04. The van der Waals surface area contributed by atoms with Gasteiger partial charge in [0.15, 0.2) is 0 Å². The van der Waals surface area contributed by atoms with Gasteiger partial charge in [-0.2, -0.15) is 0 Å². The molecule has 11 heavy (non-hydrogen) atoms. The molecule has 1 aromatic heterocycles. The van der Waals surface area contributed by atoms with Crippen molar-refractivity contribution in [3.63, 3.8) is 0 Å². The molecule has 0 radical (unpaired) electrons. The van der Waals surface area contributed by atoms with E-state index in [2.05, 4.69) is 34.8 Å². The second-order valence-electron chi connectivity index (χ2n) is 2.68. The predicted molar refractivity (Wildman–Crippen MR) is 51.0 cm³/mol. The molecule has 60 valence electrons. The first kappa shape index (κ1) is 9.01. The maximum Gasteiger partial charge on any atom is 0.0581 e. The predicted octanol–water partition coefficient (Wildman–Crippen LogP) is 3.62. The molecule has 1 nitrogen and oxygen atoms in total. The monoisotopic (exact) mass is 233 g/mol. The van der Waals surface area contributed by atoms with Crippen LogP contribution in [0, 0.1) is 0 Å². The SMILES string of the molecule is CC(C)c1cc(Cl)c(Br)cn1. The number of hydrogen-bond acceptors (Lipinski definition) is 1. The minimum atomic E-state index is 0.431. The second-order valence-corrected chi connectivity index (χ2v) is 3.94. The molecule has 0 aliphatic heterocycles. The van der Waals surface area contributed by atoms with Crippen molar-refractivity contribution in [2.75, 3.05) is 0 Å². The van der Waals surface area contributed by atoms with E-state index in [1.807, 2.05) is 6.07 Å². The van der Waals surface area contributed by atoms with Crippen molar-refractivity contribution >= 4 is 27.5 Å². The zero-order valence-corrected chi connectivity index (χ0v) is 8.78. The van der Waals surface area contributed by atoms with E-state index in [-0.39, 0.29) is 0 Å². The quantitative estimate of drug-likeness (QED) is 0.723. The molecule has 3 heteroatoms. The van der Waals surface area contributed by atoms with E-state index >= 15 is 0 Å².